The summed E-state index contributed by atoms with van der Waals surface area (Å²) in [6, 6.07) is 18.6. The van der Waals surface area contributed by atoms with E-state index in [1.807, 2.05) is 60.7 Å². The van der Waals surface area contributed by atoms with E-state index in [1.54, 1.807) is 12.2 Å². The molecule has 0 aliphatic heterocycles. The third-order valence-corrected chi connectivity index (χ3v) is 2.44. The van der Waals surface area contributed by atoms with Crippen molar-refractivity contribution in [3.8, 4) is 0 Å². The molecule has 0 saturated carbocycles. The molecule has 2 aromatic carbocycles. The summed E-state index contributed by atoms with van der Waals surface area (Å²) >= 11 is 0. The van der Waals surface area contributed by atoms with E-state index in [4.69, 9.17) is 10.2 Å². The van der Waals surface area contributed by atoms with Gasteiger partial charge in [0.25, 0.3) is 0 Å². The van der Waals surface area contributed by atoms with Crippen LogP contribution in [0, 0.1) is 0 Å². The molecule has 0 radical (unpaired) electrons. The molecule has 122 valence electrons. The minimum absolute atomic E-state index is 0. The van der Waals surface area contributed by atoms with Gasteiger partial charge in [-0.1, -0.05) is 60.7 Å². The maximum absolute atomic E-state index is 10.1. The third kappa shape index (κ3) is 10.8. The quantitative estimate of drug-likeness (QED) is 0.605. The summed E-state index contributed by atoms with van der Waals surface area (Å²) in [6.07, 6.45) is 5.36. The second-order valence-electron chi connectivity index (χ2n) is 4.16. The Morgan fingerprint density at radius 1 is 0.652 bits per heavy atom. The van der Waals surface area contributed by atoms with Crippen LogP contribution < -0.4 is 0 Å². The first-order chi connectivity index (χ1) is 10.6. The van der Waals surface area contributed by atoms with Crippen molar-refractivity contribution in [2.24, 2.45) is 0 Å². The van der Waals surface area contributed by atoms with Gasteiger partial charge in [-0.05, 0) is 23.3 Å². The van der Waals surface area contributed by atoms with E-state index < -0.39 is 11.9 Å². The fraction of sp³-hybridized carbons (Fsp3) is 0. The Bertz CT molecular complexity index is 590. The Labute approximate surface area is 148 Å². The molecule has 0 amide bonds. The van der Waals surface area contributed by atoms with Gasteiger partial charge in [-0.15, -0.1) is 0 Å². The summed E-state index contributed by atoms with van der Waals surface area (Å²) in [5.74, 6) is -1.84. The maximum Gasteiger partial charge on any atom is 0.328 e. The molecule has 0 heterocycles. The fourth-order valence-corrected chi connectivity index (χ4v) is 1.46. The van der Waals surface area contributed by atoms with Gasteiger partial charge in [0.15, 0.2) is 0 Å². The van der Waals surface area contributed by atoms with E-state index in [9.17, 15) is 9.59 Å². The molecule has 0 aromatic heterocycles. The summed E-state index contributed by atoms with van der Waals surface area (Å²) in [5.41, 5.74) is 1.80. The van der Waals surface area contributed by atoms with Crippen LogP contribution in [0.15, 0.2) is 72.8 Å². The minimum atomic E-state index is -0.922. The van der Waals surface area contributed by atoms with E-state index in [2.05, 4.69) is 0 Å². The van der Waals surface area contributed by atoms with Gasteiger partial charge < -0.3 is 10.2 Å². The Morgan fingerprint density at radius 2 is 0.957 bits per heavy atom. The monoisotopic (exact) mass is 402 g/mol. The molecule has 2 aromatic rings. The molecular formula is C18H16O4Pd. The van der Waals surface area contributed by atoms with Crippen LogP contribution in [0.3, 0.4) is 0 Å². The Kier molecular flexibility index (Phi) is 10.8. The summed E-state index contributed by atoms with van der Waals surface area (Å²) in [7, 11) is 0. The Balaban J connectivity index is 0.000000403. The molecule has 0 saturated heterocycles. The van der Waals surface area contributed by atoms with Gasteiger partial charge in [-0.25, -0.2) is 9.59 Å². The van der Waals surface area contributed by atoms with E-state index in [-0.39, 0.29) is 20.4 Å². The predicted octanol–water partition coefficient (Wildman–Crippen LogP) is 3.57. The van der Waals surface area contributed by atoms with Crippen molar-refractivity contribution in [2.45, 2.75) is 0 Å². The molecule has 4 nitrogen and oxygen atoms in total. The van der Waals surface area contributed by atoms with Crippen molar-refractivity contribution in [3.63, 3.8) is 0 Å². The van der Waals surface area contributed by atoms with Crippen LogP contribution in [-0.2, 0) is 30.0 Å². The first-order valence-electron chi connectivity index (χ1n) is 6.50. The number of hydrogen-bond donors (Lipinski definition) is 2. The third-order valence-electron chi connectivity index (χ3n) is 2.44. The van der Waals surface area contributed by atoms with Crippen molar-refractivity contribution in [1.29, 1.82) is 0 Å². The van der Waals surface area contributed by atoms with Gasteiger partial charge in [0.1, 0.15) is 0 Å². The number of carboxylic acid groups (broad SMARTS) is 2. The molecule has 2 rings (SSSR count). The SMILES string of the molecule is O=C(O)C=Cc1ccccc1.O=C(O)C=Cc1ccccc1.[Pd]. The van der Waals surface area contributed by atoms with Gasteiger partial charge in [0.2, 0.25) is 0 Å². The van der Waals surface area contributed by atoms with Crippen LogP contribution in [0.1, 0.15) is 11.1 Å². The second-order valence-corrected chi connectivity index (χ2v) is 4.16. The summed E-state index contributed by atoms with van der Waals surface area (Å²) in [4.78, 5) is 20.2. The molecule has 2 N–H and O–H groups in total. The zero-order valence-electron chi connectivity index (χ0n) is 12.1. The van der Waals surface area contributed by atoms with Crippen LogP contribution >= 0.6 is 0 Å². The predicted molar refractivity (Wildman–Crippen MR) is 86.2 cm³/mol. The van der Waals surface area contributed by atoms with E-state index >= 15 is 0 Å². The molecule has 5 heteroatoms. The zero-order valence-corrected chi connectivity index (χ0v) is 13.7. The molecule has 0 fully saturated rings. The molecule has 0 aliphatic rings. The molecular weight excluding hydrogens is 387 g/mol. The van der Waals surface area contributed by atoms with Crippen LogP contribution in [0.4, 0.5) is 0 Å². The average Bonchev–Trinajstić information content (AvgIpc) is 2.53. The van der Waals surface area contributed by atoms with Crippen LogP contribution in [0.25, 0.3) is 12.2 Å². The molecule has 0 atom stereocenters. The smallest absolute Gasteiger partial charge is 0.328 e. The maximum atomic E-state index is 10.1. The van der Waals surface area contributed by atoms with Gasteiger partial charge in [-0.3, -0.25) is 0 Å². The number of carbonyl (C=O) groups is 2. The van der Waals surface area contributed by atoms with Gasteiger partial charge in [0, 0.05) is 32.6 Å². The fourth-order valence-electron chi connectivity index (χ4n) is 1.46. The van der Waals surface area contributed by atoms with Crippen molar-refractivity contribution in [2.75, 3.05) is 0 Å². The van der Waals surface area contributed by atoms with Crippen molar-refractivity contribution < 1.29 is 40.2 Å². The number of benzene rings is 2. The van der Waals surface area contributed by atoms with E-state index in [1.165, 1.54) is 0 Å². The first kappa shape index (κ1) is 20.5. The number of hydrogen-bond acceptors (Lipinski definition) is 2. The minimum Gasteiger partial charge on any atom is -0.478 e. The summed E-state index contributed by atoms with van der Waals surface area (Å²) in [6.45, 7) is 0. The van der Waals surface area contributed by atoms with Crippen LogP contribution in [0.2, 0.25) is 0 Å². The summed E-state index contributed by atoms with van der Waals surface area (Å²) in [5, 5.41) is 16.6. The normalized spacial score (nSPS) is 9.74. The van der Waals surface area contributed by atoms with Crippen molar-refractivity contribution >= 4 is 24.1 Å². The molecule has 0 bridgehead atoms. The molecule has 0 unspecified atom stereocenters. The van der Waals surface area contributed by atoms with Gasteiger partial charge in [0.05, 0.1) is 0 Å². The first-order valence-corrected chi connectivity index (χ1v) is 6.50. The van der Waals surface area contributed by atoms with E-state index in [0.717, 1.165) is 23.3 Å². The number of aliphatic carboxylic acids is 2. The van der Waals surface area contributed by atoms with Crippen molar-refractivity contribution in [3.05, 3.63) is 83.9 Å². The van der Waals surface area contributed by atoms with Crippen molar-refractivity contribution in [1.82, 2.24) is 0 Å². The summed E-state index contributed by atoms with van der Waals surface area (Å²) < 4.78 is 0. The van der Waals surface area contributed by atoms with Crippen LogP contribution in [0.5, 0.6) is 0 Å². The average molecular weight is 403 g/mol. The molecule has 23 heavy (non-hydrogen) atoms. The van der Waals surface area contributed by atoms with Crippen LogP contribution in [-0.4, -0.2) is 22.2 Å². The standard InChI is InChI=1S/2C9H8O2.Pd/c2*10-9(11)7-6-8-4-2-1-3-5-8;/h2*1-7H,(H,10,11);. The van der Waals surface area contributed by atoms with Gasteiger partial charge in [-0.2, -0.15) is 0 Å². The Morgan fingerprint density at radius 3 is 1.22 bits per heavy atom. The molecule has 0 spiro atoms. The largest absolute Gasteiger partial charge is 0.478 e. The number of rotatable bonds is 4. The topological polar surface area (TPSA) is 74.6 Å². The molecule has 0 aliphatic carbocycles. The van der Waals surface area contributed by atoms with Gasteiger partial charge >= 0.3 is 11.9 Å². The number of carboxylic acids is 2. The zero-order chi connectivity index (χ0) is 16.2. The van der Waals surface area contributed by atoms with E-state index in [0.29, 0.717) is 0 Å². The Hall–Kier alpha value is -2.48. The second kappa shape index (κ2) is 12.1.